The van der Waals surface area contributed by atoms with Crippen LogP contribution >= 0.6 is 0 Å². The molecular weight excluding hydrogens is 218 g/mol. The third kappa shape index (κ3) is 6.76. The van der Waals surface area contributed by atoms with Crippen molar-refractivity contribution in [3.8, 4) is 0 Å². The van der Waals surface area contributed by atoms with Crippen LogP contribution in [0.4, 0.5) is 0 Å². The summed E-state index contributed by atoms with van der Waals surface area (Å²) >= 11 is 0. The molecule has 4 heteroatoms. The Morgan fingerprint density at radius 1 is 1.18 bits per heavy atom. The molecule has 0 aromatic rings. The Labute approximate surface area is 103 Å². The number of hydrogen-bond acceptors (Lipinski definition) is 2. The number of amides is 1. The topological polar surface area (TPSA) is 57.6 Å². The van der Waals surface area contributed by atoms with Gasteiger partial charge in [0.2, 0.25) is 5.91 Å². The molecule has 0 fully saturated rings. The lowest BCUT2D eigenvalue weighted by Crippen LogP contribution is -2.38. The van der Waals surface area contributed by atoms with Gasteiger partial charge in [-0.15, -0.1) is 0 Å². The van der Waals surface area contributed by atoms with Crippen LogP contribution < -0.4 is 0 Å². The van der Waals surface area contributed by atoms with E-state index in [2.05, 4.69) is 0 Å². The molecule has 0 aliphatic carbocycles. The molecule has 0 saturated heterocycles. The number of carbonyl (C=O) groups excluding carboxylic acids is 1. The van der Waals surface area contributed by atoms with Crippen LogP contribution in [-0.2, 0) is 9.59 Å². The number of nitrogens with zero attached hydrogens (tertiary/aromatic N) is 1. The van der Waals surface area contributed by atoms with Gasteiger partial charge in [-0.25, -0.2) is 0 Å². The fraction of sp³-hybridized carbons (Fsp3) is 0.692. The van der Waals surface area contributed by atoms with Crippen molar-refractivity contribution in [3.05, 3.63) is 11.6 Å². The van der Waals surface area contributed by atoms with Gasteiger partial charge >= 0.3 is 5.97 Å². The fourth-order valence-electron chi connectivity index (χ4n) is 1.44. The zero-order valence-corrected chi connectivity index (χ0v) is 11.4. The minimum absolute atomic E-state index is 0.105. The van der Waals surface area contributed by atoms with Crippen LogP contribution in [-0.4, -0.2) is 35.0 Å². The summed E-state index contributed by atoms with van der Waals surface area (Å²) in [5.74, 6) is -1.19. The Kier molecular flexibility index (Phi) is 6.54. The first kappa shape index (κ1) is 15.7. The predicted octanol–water partition coefficient (Wildman–Crippen LogP) is 2.16. The molecule has 0 aliphatic heterocycles. The summed E-state index contributed by atoms with van der Waals surface area (Å²) in [5.41, 5.74) is 0.923. The molecule has 0 heterocycles. The highest BCUT2D eigenvalue weighted by atomic mass is 16.4. The minimum atomic E-state index is -0.872. The number of allylic oxidation sites excluding steroid dienone is 1. The zero-order valence-electron chi connectivity index (χ0n) is 11.4. The maximum Gasteiger partial charge on any atom is 0.308 e. The Hall–Kier alpha value is -1.32. The maximum atomic E-state index is 11.9. The monoisotopic (exact) mass is 241 g/mol. The summed E-state index contributed by atoms with van der Waals surface area (Å²) < 4.78 is 0. The van der Waals surface area contributed by atoms with Crippen molar-refractivity contribution in [1.29, 1.82) is 0 Å². The Morgan fingerprint density at radius 2 is 1.71 bits per heavy atom. The Bertz CT molecular complexity index is 304. The highest BCUT2D eigenvalue weighted by molar-refractivity contribution is 5.88. The second-order valence-corrected chi connectivity index (χ2v) is 5.10. The zero-order chi connectivity index (χ0) is 13.6. The van der Waals surface area contributed by atoms with E-state index < -0.39 is 11.9 Å². The molecule has 0 aromatic carbocycles. The lowest BCUT2D eigenvalue weighted by atomic mass is 10.1. The summed E-state index contributed by atoms with van der Waals surface area (Å²) in [6, 6.07) is 0. The standard InChI is InChI=1S/C13H23NO3/c1-9(2)6-12(15)14(7-10(3)4)8-11(5)13(16)17/h6,10-11H,7-8H2,1-5H3,(H,16,17). The summed E-state index contributed by atoms with van der Waals surface area (Å²) in [4.78, 5) is 24.3. The van der Waals surface area contributed by atoms with Crippen molar-refractivity contribution in [2.75, 3.05) is 13.1 Å². The van der Waals surface area contributed by atoms with Crippen molar-refractivity contribution in [1.82, 2.24) is 4.90 Å². The summed E-state index contributed by atoms with van der Waals surface area (Å²) in [6.07, 6.45) is 1.55. The highest BCUT2D eigenvalue weighted by Gasteiger charge is 2.19. The normalized spacial score (nSPS) is 12.1. The van der Waals surface area contributed by atoms with Crippen molar-refractivity contribution in [3.63, 3.8) is 0 Å². The molecular formula is C13H23NO3. The van der Waals surface area contributed by atoms with E-state index >= 15 is 0 Å². The van der Waals surface area contributed by atoms with Gasteiger partial charge in [0.15, 0.2) is 0 Å². The molecule has 17 heavy (non-hydrogen) atoms. The maximum absolute atomic E-state index is 11.9. The van der Waals surface area contributed by atoms with Crippen LogP contribution in [0.5, 0.6) is 0 Å². The van der Waals surface area contributed by atoms with E-state index in [4.69, 9.17) is 5.11 Å². The van der Waals surface area contributed by atoms with Crippen LogP contribution in [0, 0.1) is 11.8 Å². The van der Waals surface area contributed by atoms with E-state index in [1.54, 1.807) is 17.9 Å². The lowest BCUT2D eigenvalue weighted by Gasteiger charge is -2.25. The van der Waals surface area contributed by atoms with Gasteiger partial charge in [0.05, 0.1) is 5.92 Å². The van der Waals surface area contributed by atoms with Gasteiger partial charge in [-0.1, -0.05) is 26.3 Å². The fourth-order valence-corrected chi connectivity index (χ4v) is 1.44. The first-order chi connectivity index (χ1) is 7.73. The Morgan fingerprint density at radius 3 is 2.06 bits per heavy atom. The van der Waals surface area contributed by atoms with Crippen LogP contribution in [0.15, 0.2) is 11.6 Å². The molecule has 4 nitrogen and oxygen atoms in total. The van der Waals surface area contributed by atoms with E-state index in [-0.39, 0.29) is 12.5 Å². The van der Waals surface area contributed by atoms with Crippen molar-refractivity contribution in [2.45, 2.75) is 34.6 Å². The van der Waals surface area contributed by atoms with E-state index in [1.807, 2.05) is 27.7 Å². The largest absolute Gasteiger partial charge is 0.481 e. The summed E-state index contributed by atoms with van der Waals surface area (Å²) in [6.45, 7) is 10.2. The number of carbonyl (C=O) groups is 2. The van der Waals surface area contributed by atoms with Gasteiger partial charge in [-0.3, -0.25) is 9.59 Å². The third-order valence-electron chi connectivity index (χ3n) is 2.23. The van der Waals surface area contributed by atoms with Gasteiger partial charge < -0.3 is 10.0 Å². The van der Waals surface area contributed by atoms with Crippen LogP contribution in [0.3, 0.4) is 0 Å². The quantitative estimate of drug-likeness (QED) is 0.725. The van der Waals surface area contributed by atoms with Gasteiger partial charge in [0.1, 0.15) is 0 Å². The van der Waals surface area contributed by atoms with Crippen molar-refractivity contribution in [2.24, 2.45) is 11.8 Å². The van der Waals surface area contributed by atoms with E-state index in [9.17, 15) is 9.59 Å². The average molecular weight is 241 g/mol. The van der Waals surface area contributed by atoms with Crippen LogP contribution in [0.2, 0.25) is 0 Å². The molecule has 0 aliphatic rings. The molecule has 0 radical (unpaired) electrons. The van der Waals surface area contributed by atoms with Crippen molar-refractivity contribution >= 4 is 11.9 Å². The van der Waals surface area contributed by atoms with Crippen LogP contribution in [0.25, 0.3) is 0 Å². The third-order valence-corrected chi connectivity index (χ3v) is 2.23. The smallest absolute Gasteiger partial charge is 0.308 e. The Balaban J connectivity index is 4.70. The molecule has 0 rings (SSSR count). The van der Waals surface area contributed by atoms with E-state index in [0.717, 1.165) is 5.57 Å². The number of hydrogen-bond donors (Lipinski definition) is 1. The predicted molar refractivity (Wildman–Crippen MR) is 67.6 cm³/mol. The molecule has 1 atom stereocenters. The average Bonchev–Trinajstić information content (AvgIpc) is 2.14. The molecule has 1 amide bonds. The molecule has 1 unspecified atom stereocenters. The van der Waals surface area contributed by atoms with Crippen LogP contribution in [0.1, 0.15) is 34.6 Å². The molecule has 1 N–H and O–H groups in total. The molecule has 0 bridgehead atoms. The van der Waals surface area contributed by atoms with E-state index in [0.29, 0.717) is 12.5 Å². The first-order valence-electron chi connectivity index (χ1n) is 5.90. The second kappa shape index (κ2) is 7.09. The number of carboxylic acid groups (broad SMARTS) is 1. The van der Waals surface area contributed by atoms with Crippen molar-refractivity contribution < 1.29 is 14.7 Å². The molecule has 0 spiro atoms. The molecule has 0 aromatic heterocycles. The second-order valence-electron chi connectivity index (χ2n) is 5.10. The van der Waals surface area contributed by atoms with E-state index in [1.165, 1.54) is 0 Å². The number of carboxylic acids is 1. The molecule has 0 saturated carbocycles. The van der Waals surface area contributed by atoms with Gasteiger partial charge in [-0.2, -0.15) is 0 Å². The molecule has 98 valence electrons. The number of aliphatic carboxylic acids is 1. The SMILES string of the molecule is CC(C)=CC(=O)N(CC(C)C)CC(C)C(=O)O. The van der Waals surface area contributed by atoms with Gasteiger partial charge in [0, 0.05) is 19.2 Å². The van der Waals surface area contributed by atoms with Gasteiger partial charge in [-0.05, 0) is 19.8 Å². The van der Waals surface area contributed by atoms with Gasteiger partial charge in [0.25, 0.3) is 0 Å². The lowest BCUT2D eigenvalue weighted by molar-refractivity contribution is -0.142. The number of rotatable bonds is 6. The first-order valence-corrected chi connectivity index (χ1v) is 5.90. The summed E-state index contributed by atoms with van der Waals surface area (Å²) in [5, 5.41) is 8.88. The summed E-state index contributed by atoms with van der Waals surface area (Å²) in [7, 11) is 0. The highest BCUT2D eigenvalue weighted by Crippen LogP contribution is 2.07. The minimum Gasteiger partial charge on any atom is -0.481 e.